The third-order valence-electron chi connectivity index (χ3n) is 8.36. The number of fused-ring (bicyclic) bond motifs is 3. The van der Waals surface area contributed by atoms with Crippen molar-refractivity contribution in [1.82, 2.24) is 30.0 Å². The fourth-order valence-electron chi connectivity index (χ4n) is 6.06. The van der Waals surface area contributed by atoms with Crippen molar-refractivity contribution < 1.29 is 0 Å². The predicted octanol–water partition coefficient (Wildman–Crippen LogP) is 8.33. The Morgan fingerprint density at radius 3 is 2.05 bits per heavy atom. The number of hydrogen-bond donors (Lipinski definition) is 0. The van der Waals surface area contributed by atoms with Crippen molar-refractivity contribution in [2.45, 2.75) is 84.5 Å². The van der Waals surface area contributed by atoms with Crippen molar-refractivity contribution >= 4 is 0 Å². The maximum absolute atomic E-state index is 4.69. The van der Waals surface area contributed by atoms with E-state index in [1.54, 1.807) is 6.20 Å². The van der Waals surface area contributed by atoms with Crippen LogP contribution < -0.4 is 0 Å². The molecule has 0 amide bonds. The number of aryl methyl sites for hydroxylation is 2. The van der Waals surface area contributed by atoms with Crippen molar-refractivity contribution in [2.75, 3.05) is 0 Å². The molecule has 3 aromatic carbocycles. The molecule has 0 atom stereocenters. The summed E-state index contributed by atoms with van der Waals surface area (Å²) >= 11 is 0. The Bertz CT molecular complexity index is 1600. The van der Waals surface area contributed by atoms with E-state index in [4.69, 9.17) is 0 Å². The zero-order chi connectivity index (χ0) is 28.0. The molecule has 5 aromatic rings. The summed E-state index contributed by atoms with van der Waals surface area (Å²) in [6, 6.07) is 20.2. The second-order valence-corrected chi connectivity index (χ2v) is 11.4. The Morgan fingerprint density at radius 2 is 1.37 bits per heavy atom. The highest BCUT2D eigenvalue weighted by Gasteiger charge is 2.20. The quantitative estimate of drug-likeness (QED) is 0.137. The first-order chi connectivity index (χ1) is 20.2. The average molecular weight is 545 g/mol. The Morgan fingerprint density at radius 1 is 0.659 bits per heavy atom. The Kier molecular flexibility index (Phi) is 8.36. The van der Waals surface area contributed by atoms with E-state index in [1.807, 2.05) is 15.6 Å². The van der Waals surface area contributed by atoms with Crippen LogP contribution in [0.25, 0.3) is 33.8 Å². The summed E-state index contributed by atoms with van der Waals surface area (Å²) in [5, 5.41) is 17.4. The van der Waals surface area contributed by atoms with E-state index < -0.39 is 0 Å². The summed E-state index contributed by atoms with van der Waals surface area (Å²) in [5.74, 6) is 0. The lowest BCUT2D eigenvalue weighted by Gasteiger charge is -2.11. The van der Waals surface area contributed by atoms with Crippen LogP contribution in [-0.2, 0) is 19.3 Å². The van der Waals surface area contributed by atoms with Gasteiger partial charge in [0, 0.05) is 5.56 Å². The van der Waals surface area contributed by atoms with Gasteiger partial charge in [-0.25, -0.2) is 9.36 Å². The summed E-state index contributed by atoms with van der Waals surface area (Å²) in [6.07, 6.45) is 19.0. The zero-order valence-electron chi connectivity index (χ0n) is 24.4. The molecule has 0 aliphatic heterocycles. The predicted molar refractivity (Wildman–Crippen MR) is 166 cm³/mol. The fraction of sp³-hybridized carbons (Fsp3) is 0.371. The van der Waals surface area contributed by atoms with Gasteiger partial charge in [-0.15, -0.1) is 10.2 Å². The topological polar surface area (TPSA) is 61.4 Å². The maximum atomic E-state index is 4.69. The van der Waals surface area contributed by atoms with E-state index >= 15 is 0 Å². The van der Waals surface area contributed by atoms with Crippen molar-refractivity contribution in [3.8, 4) is 33.8 Å². The van der Waals surface area contributed by atoms with Gasteiger partial charge in [0.25, 0.3) is 0 Å². The van der Waals surface area contributed by atoms with E-state index in [-0.39, 0.29) is 0 Å². The number of rotatable bonds is 13. The van der Waals surface area contributed by atoms with Crippen LogP contribution in [0.3, 0.4) is 0 Å². The van der Waals surface area contributed by atoms with E-state index in [2.05, 4.69) is 95.3 Å². The van der Waals surface area contributed by atoms with Gasteiger partial charge in [0.15, 0.2) is 0 Å². The van der Waals surface area contributed by atoms with E-state index in [0.717, 1.165) is 36.3 Å². The summed E-state index contributed by atoms with van der Waals surface area (Å²) < 4.78 is 3.75. The van der Waals surface area contributed by atoms with Crippen LogP contribution in [-0.4, -0.2) is 30.0 Å². The van der Waals surface area contributed by atoms with Gasteiger partial charge in [-0.3, -0.25) is 0 Å². The second-order valence-electron chi connectivity index (χ2n) is 11.4. The molecule has 1 aliphatic rings. The molecule has 6 nitrogen and oxygen atoms in total. The van der Waals surface area contributed by atoms with Gasteiger partial charge in [0.05, 0.1) is 30.0 Å². The number of nitrogens with zero attached hydrogens (tertiary/aromatic N) is 6. The molecule has 0 fully saturated rings. The van der Waals surface area contributed by atoms with Crippen LogP contribution in [0.4, 0.5) is 0 Å². The molecule has 6 rings (SSSR count). The summed E-state index contributed by atoms with van der Waals surface area (Å²) in [6.45, 7) is 4.54. The van der Waals surface area contributed by atoms with Gasteiger partial charge >= 0.3 is 0 Å². The Balaban J connectivity index is 1.24. The van der Waals surface area contributed by atoms with Gasteiger partial charge in [-0.1, -0.05) is 87.1 Å². The minimum atomic E-state index is 0.893. The molecule has 0 saturated heterocycles. The molecule has 0 radical (unpaired) electrons. The molecule has 0 N–H and O–H groups in total. The Hall–Kier alpha value is -4.06. The van der Waals surface area contributed by atoms with Crippen LogP contribution in [0, 0.1) is 0 Å². The van der Waals surface area contributed by atoms with Crippen molar-refractivity contribution in [3.05, 3.63) is 95.4 Å². The first kappa shape index (κ1) is 27.1. The number of unbranched alkanes of at least 4 members (excludes halogenated alkanes) is 6. The third kappa shape index (κ3) is 6.02. The van der Waals surface area contributed by atoms with Crippen molar-refractivity contribution in [1.29, 1.82) is 0 Å². The first-order valence-electron chi connectivity index (χ1n) is 15.4. The molecule has 210 valence electrons. The van der Waals surface area contributed by atoms with Gasteiger partial charge < -0.3 is 0 Å². The summed E-state index contributed by atoms with van der Waals surface area (Å²) in [5.41, 5.74) is 12.3. The minimum Gasteiger partial charge on any atom is -0.221 e. The second kappa shape index (κ2) is 12.6. The van der Waals surface area contributed by atoms with Crippen LogP contribution in [0.5, 0.6) is 0 Å². The molecule has 1 aliphatic carbocycles. The average Bonchev–Trinajstić information content (AvgIpc) is 3.77. The Labute approximate surface area is 243 Å². The fourth-order valence-corrected chi connectivity index (χ4v) is 6.06. The number of benzene rings is 3. The van der Waals surface area contributed by atoms with Crippen LogP contribution in [0.1, 0.15) is 87.5 Å². The van der Waals surface area contributed by atoms with E-state index in [1.165, 1.54) is 90.3 Å². The largest absolute Gasteiger partial charge is 0.221 e. The summed E-state index contributed by atoms with van der Waals surface area (Å²) in [7, 11) is 0. The summed E-state index contributed by atoms with van der Waals surface area (Å²) in [4.78, 5) is 0. The highest BCUT2D eigenvalue weighted by atomic mass is 15.4. The van der Waals surface area contributed by atoms with Crippen LogP contribution in [0.2, 0.25) is 0 Å². The molecule has 6 heteroatoms. The molecule has 0 saturated carbocycles. The van der Waals surface area contributed by atoms with Gasteiger partial charge in [-0.05, 0) is 95.8 Å². The lowest BCUT2D eigenvalue weighted by Crippen LogP contribution is -1.96. The highest BCUT2D eigenvalue weighted by molar-refractivity contribution is 5.79. The first-order valence-corrected chi connectivity index (χ1v) is 15.4. The molecule has 0 bridgehead atoms. The van der Waals surface area contributed by atoms with Crippen molar-refractivity contribution in [2.24, 2.45) is 0 Å². The number of hydrogen-bond acceptors (Lipinski definition) is 4. The van der Waals surface area contributed by atoms with Gasteiger partial charge in [0.2, 0.25) is 0 Å². The molecule has 2 heterocycles. The van der Waals surface area contributed by atoms with Crippen molar-refractivity contribution in [3.63, 3.8) is 0 Å². The molecule has 41 heavy (non-hydrogen) atoms. The highest BCUT2D eigenvalue weighted by Crippen LogP contribution is 2.38. The lowest BCUT2D eigenvalue weighted by molar-refractivity contribution is 0.664. The van der Waals surface area contributed by atoms with E-state index in [0.29, 0.717) is 0 Å². The SMILES string of the molecule is CCCCCCc1ccc(CCCCCC)c(-c2cn(-c3ccc4c(c3)Cc3cc(-n5ccnn5)ccc3-4)nn2)c1. The number of aromatic nitrogens is 6. The molecule has 0 unspecified atom stereocenters. The standard InChI is InChI=1S/C35H40N6/c1-3-5-7-9-11-26-13-14-27(12-10-8-6-4-2)34(21-26)35-25-41(39-37-35)31-16-18-33-29(24-31)22-28-23-30(15-17-32(28)33)40-20-19-36-38-40/h13-21,23-25H,3-12,22H2,1-2H3. The molecular formula is C35H40N6. The van der Waals surface area contributed by atoms with Gasteiger partial charge in [0.1, 0.15) is 5.69 Å². The van der Waals surface area contributed by atoms with Crippen LogP contribution in [0.15, 0.2) is 73.2 Å². The van der Waals surface area contributed by atoms with E-state index in [9.17, 15) is 0 Å². The zero-order valence-corrected chi connectivity index (χ0v) is 24.4. The molecule has 0 spiro atoms. The smallest absolute Gasteiger partial charge is 0.113 e. The normalized spacial score (nSPS) is 12.0. The lowest BCUT2D eigenvalue weighted by atomic mass is 9.95. The van der Waals surface area contributed by atoms with Gasteiger partial charge in [-0.2, -0.15) is 0 Å². The maximum Gasteiger partial charge on any atom is 0.113 e. The monoisotopic (exact) mass is 544 g/mol. The molecular weight excluding hydrogens is 504 g/mol. The minimum absolute atomic E-state index is 0.893. The van der Waals surface area contributed by atoms with Crippen LogP contribution >= 0.6 is 0 Å². The third-order valence-corrected chi connectivity index (χ3v) is 8.36. The molecule has 2 aromatic heterocycles.